The lowest BCUT2D eigenvalue weighted by Crippen LogP contribution is -2.76. The molecule has 304 valence electrons. The number of rotatable bonds is 6. The molecule has 6 heterocycles. The fraction of sp³-hybridized carbons (Fsp3) is 0. The molecule has 0 radical (unpaired) electrons. The van der Waals surface area contributed by atoms with Gasteiger partial charge in [-0.15, -0.1) is 34.0 Å². The summed E-state index contributed by atoms with van der Waals surface area (Å²) in [6.07, 6.45) is 4.02. The number of thiophene rings is 3. The molecule has 14 rings (SSSR count). The third-order valence-corrected chi connectivity index (χ3v) is 21.7. The molecule has 0 aliphatic rings. The Labute approximate surface area is 386 Å². The van der Waals surface area contributed by atoms with E-state index in [-0.39, 0.29) is 0 Å². The molecule has 0 unspecified atom stereocenters. The second-order valence-corrected chi connectivity index (χ2v) is 23.5. The van der Waals surface area contributed by atoms with Crippen LogP contribution in [0.3, 0.4) is 0 Å². The van der Waals surface area contributed by atoms with Crippen molar-refractivity contribution in [2.24, 2.45) is 0 Å². The maximum Gasteiger partial charge on any atom is 0.230 e. The highest BCUT2D eigenvalue weighted by atomic mass is 32.1. The first-order valence-electron chi connectivity index (χ1n) is 21.8. The molecule has 0 saturated carbocycles. The summed E-state index contributed by atoms with van der Waals surface area (Å²) >= 11 is 5.58. The van der Waals surface area contributed by atoms with E-state index in [4.69, 9.17) is 14.4 Å². The van der Waals surface area contributed by atoms with E-state index in [1.807, 2.05) is 46.4 Å². The second-order valence-electron chi connectivity index (χ2n) is 16.7. The van der Waals surface area contributed by atoms with Crippen LogP contribution < -0.4 is 21.0 Å². The Morgan fingerprint density at radius 2 is 0.846 bits per heavy atom. The lowest BCUT2D eigenvalue weighted by Gasteiger charge is -2.32. The standard InChI is InChI=1S/C58H34N2OS3Si/c1-3-13-37(14-4-1)65(38-15-5-2-6-16-38,57-53-43(29-31-59-57)47-33-35(25-27-49(47)61-53)39-19-11-21-44-41-17-7-9-23-50(41)62-54(39)44)58-56-46(30-32-60-58)48-34-36(26-28-52(48)64-56)40-20-12-22-45-42-18-8-10-24-51(42)63-55(40)45/h1-34H. The molecule has 8 aromatic carbocycles. The molecule has 0 atom stereocenters. The van der Waals surface area contributed by atoms with Gasteiger partial charge in [-0.25, -0.2) is 0 Å². The number of fused-ring (bicyclic) bond motifs is 12. The van der Waals surface area contributed by atoms with E-state index in [2.05, 4.69) is 194 Å². The molecule has 65 heavy (non-hydrogen) atoms. The zero-order valence-electron chi connectivity index (χ0n) is 34.7. The Balaban J connectivity index is 1.02. The van der Waals surface area contributed by atoms with Gasteiger partial charge in [0.1, 0.15) is 5.58 Å². The van der Waals surface area contributed by atoms with Crippen LogP contribution in [0.25, 0.3) is 105 Å². The first kappa shape index (κ1) is 37.1. The summed E-state index contributed by atoms with van der Waals surface area (Å²) in [6, 6.07) is 70.9. The molecule has 0 N–H and O–H groups in total. The Bertz CT molecular complexity index is 3930. The summed E-state index contributed by atoms with van der Waals surface area (Å²) in [7, 11) is -3.32. The number of hydrogen-bond acceptors (Lipinski definition) is 6. The van der Waals surface area contributed by atoms with Crippen molar-refractivity contribution in [2.75, 3.05) is 0 Å². The topological polar surface area (TPSA) is 38.9 Å². The van der Waals surface area contributed by atoms with Crippen LogP contribution in [0, 0.1) is 0 Å². The number of hydrogen-bond donors (Lipinski definition) is 0. The van der Waals surface area contributed by atoms with Gasteiger partial charge in [-0.05, 0) is 81.2 Å². The Morgan fingerprint density at radius 3 is 1.49 bits per heavy atom. The molecular formula is C58H34N2OS3Si. The van der Waals surface area contributed by atoms with E-state index in [9.17, 15) is 0 Å². The summed E-state index contributed by atoms with van der Waals surface area (Å²) in [5.74, 6) is 0. The predicted octanol–water partition coefficient (Wildman–Crippen LogP) is 14.2. The summed E-state index contributed by atoms with van der Waals surface area (Å²) in [6.45, 7) is 0. The Morgan fingerprint density at radius 1 is 0.354 bits per heavy atom. The number of furan rings is 1. The van der Waals surface area contributed by atoms with Crippen LogP contribution in [0.1, 0.15) is 0 Å². The van der Waals surface area contributed by atoms with Gasteiger partial charge in [0.15, 0.2) is 5.58 Å². The molecular weight excluding hydrogens is 865 g/mol. The van der Waals surface area contributed by atoms with Gasteiger partial charge in [0.2, 0.25) is 8.07 Å². The van der Waals surface area contributed by atoms with Crippen molar-refractivity contribution < 1.29 is 4.42 Å². The van der Waals surface area contributed by atoms with Gasteiger partial charge in [-0.2, -0.15) is 0 Å². The fourth-order valence-electron chi connectivity index (χ4n) is 10.4. The van der Waals surface area contributed by atoms with E-state index >= 15 is 0 Å². The van der Waals surface area contributed by atoms with Crippen molar-refractivity contribution in [3.05, 3.63) is 207 Å². The number of pyridine rings is 2. The molecule has 7 heteroatoms. The quantitative estimate of drug-likeness (QED) is 0.156. The number of nitrogens with zero attached hydrogens (tertiary/aromatic N) is 2. The maximum atomic E-state index is 7.12. The average molecular weight is 899 g/mol. The molecule has 0 saturated heterocycles. The van der Waals surface area contributed by atoms with Gasteiger partial charge in [-0.3, -0.25) is 9.97 Å². The van der Waals surface area contributed by atoms with Crippen LogP contribution in [-0.2, 0) is 0 Å². The maximum absolute atomic E-state index is 7.12. The van der Waals surface area contributed by atoms with E-state index in [0.717, 1.165) is 32.6 Å². The van der Waals surface area contributed by atoms with E-state index < -0.39 is 8.07 Å². The monoisotopic (exact) mass is 898 g/mol. The number of aromatic nitrogens is 2. The Hall–Kier alpha value is -7.26. The first-order chi connectivity index (χ1) is 32.2. The van der Waals surface area contributed by atoms with Crippen molar-refractivity contribution in [3.8, 4) is 22.3 Å². The fourth-order valence-corrected chi connectivity index (χ4v) is 19.2. The zero-order valence-corrected chi connectivity index (χ0v) is 38.1. The van der Waals surface area contributed by atoms with Crippen molar-refractivity contribution in [2.45, 2.75) is 0 Å². The molecule has 0 spiro atoms. The largest absolute Gasteiger partial charge is 0.455 e. The average Bonchev–Trinajstić information content (AvgIpc) is 4.15. The zero-order chi connectivity index (χ0) is 42.6. The van der Waals surface area contributed by atoms with Crippen LogP contribution in [-0.4, -0.2) is 18.0 Å². The van der Waals surface area contributed by atoms with Crippen LogP contribution in [0.4, 0.5) is 0 Å². The highest BCUT2D eigenvalue weighted by Crippen LogP contribution is 2.44. The van der Waals surface area contributed by atoms with E-state index in [0.29, 0.717) is 0 Å². The lowest BCUT2D eigenvalue weighted by atomic mass is 10.0. The van der Waals surface area contributed by atoms with Crippen molar-refractivity contribution in [3.63, 3.8) is 0 Å². The van der Waals surface area contributed by atoms with Gasteiger partial charge in [0.25, 0.3) is 0 Å². The van der Waals surface area contributed by atoms with Gasteiger partial charge >= 0.3 is 0 Å². The normalized spacial score (nSPS) is 12.3. The summed E-state index contributed by atoms with van der Waals surface area (Å²) < 4.78 is 14.8. The predicted molar refractivity (Wildman–Crippen MR) is 282 cm³/mol. The summed E-state index contributed by atoms with van der Waals surface area (Å²) in [4.78, 5) is 11.0. The first-order valence-corrected chi connectivity index (χ1v) is 26.2. The molecule has 0 bridgehead atoms. The highest BCUT2D eigenvalue weighted by molar-refractivity contribution is 7.30. The van der Waals surface area contributed by atoms with Gasteiger partial charge in [0, 0.05) is 79.0 Å². The van der Waals surface area contributed by atoms with Crippen molar-refractivity contribution in [1.82, 2.24) is 9.97 Å². The Kier molecular flexibility index (Phi) is 8.21. The van der Waals surface area contributed by atoms with Gasteiger partial charge < -0.3 is 4.42 Å². The minimum Gasteiger partial charge on any atom is -0.455 e. The molecule has 0 amide bonds. The van der Waals surface area contributed by atoms with E-state index in [1.54, 1.807) is 0 Å². The number of benzene rings is 8. The molecule has 3 nitrogen and oxygen atoms in total. The molecule has 0 fully saturated rings. The van der Waals surface area contributed by atoms with Crippen LogP contribution in [0.15, 0.2) is 211 Å². The van der Waals surface area contributed by atoms with Crippen LogP contribution in [0.5, 0.6) is 0 Å². The van der Waals surface area contributed by atoms with Crippen LogP contribution in [0.2, 0.25) is 0 Å². The van der Waals surface area contributed by atoms with Crippen LogP contribution >= 0.6 is 34.0 Å². The van der Waals surface area contributed by atoms with Crippen molar-refractivity contribution in [1.29, 1.82) is 0 Å². The smallest absolute Gasteiger partial charge is 0.230 e. The highest BCUT2D eigenvalue weighted by Gasteiger charge is 2.48. The third-order valence-electron chi connectivity index (χ3n) is 13.3. The molecule has 0 aliphatic carbocycles. The summed E-state index contributed by atoms with van der Waals surface area (Å²) in [5, 5.41) is 14.2. The van der Waals surface area contributed by atoms with E-state index in [1.165, 1.54) is 93.1 Å². The lowest BCUT2D eigenvalue weighted by molar-refractivity contribution is 0.670. The second kappa shape index (κ2) is 14.4. The minimum atomic E-state index is -3.32. The van der Waals surface area contributed by atoms with Gasteiger partial charge in [-0.1, -0.05) is 146 Å². The third kappa shape index (κ3) is 5.44. The van der Waals surface area contributed by atoms with Gasteiger partial charge in [0.05, 0.1) is 15.3 Å². The molecule has 0 aliphatic heterocycles. The molecule has 14 aromatic rings. The minimum absolute atomic E-state index is 0.817. The SMILES string of the molecule is c1ccc([Si](c2ccccc2)(c2nccc3c2oc2ccc(-c4cccc5c4sc4ccccc45)cc23)c2nccc3c2sc2ccc(-c4cccc5c4sc4ccccc45)cc23)cc1. The van der Waals surface area contributed by atoms with Crippen molar-refractivity contribution >= 4 is 146 Å². The summed E-state index contributed by atoms with van der Waals surface area (Å²) in [5.41, 5.74) is 6.55. The molecule has 6 aromatic heterocycles.